The number of hydrazine groups is 1. The number of carbonyl (C=O) groups is 2. The summed E-state index contributed by atoms with van der Waals surface area (Å²) in [6.45, 7) is 0. The summed E-state index contributed by atoms with van der Waals surface area (Å²) in [5.41, 5.74) is 6.30. The molecule has 2 N–H and O–H groups in total. The summed E-state index contributed by atoms with van der Waals surface area (Å²) in [6.07, 6.45) is 0.790. The van der Waals surface area contributed by atoms with Crippen LogP contribution in [0.4, 0.5) is 0 Å². The number of nitrogens with zero attached hydrogens (tertiary/aromatic N) is 1. The zero-order chi connectivity index (χ0) is 15.9. The van der Waals surface area contributed by atoms with Crippen molar-refractivity contribution in [2.24, 2.45) is 0 Å². The smallest absolute Gasteiger partial charge is 0.273 e. The highest BCUT2D eigenvalue weighted by molar-refractivity contribution is 9.11. The van der Waals surface area contributed by atoms with Crippen molar-refractivity contribution < 1.29 is 9.59 Å². The molecule has 7 heteroatoms. The minimum absolute atomic E-state index is 0.250. The summed E-state index contributed by atoms with van der Waals surface area (Å²) in [7, 11) is 0. The average molecular weight is 378 g/mol. The van der Waals surface area contributed by atoms with Crippen molar-refractivity contribution in [2.45, 2.75) is 12.8 Å². The predicted octanol–water partition coefficient (Wildman–Crippen LogP) is 2.78. The Morgan fingerprint density at radius 1 is 1.14 bits per heavy atom. The number of hydrogen-bond acceptors (Lipinski definition) is 4. The molecule has 1 heterocycles. The molecule has 0 aliphatic heterocycles. The summed E-state index contributed by atoms with van der Waals surface area (Å²) >= 11 is 4.56. The third-order valence-corrected chi connectivity index (χ3v) is 4.46. The summed E-state index contributed by atoms with van der Waals surface area (Å²) in [4.78, 5) is 24.0. The number of thiophene rings is 1. The quantitative estimate of drug-likeness (QED) is 0.803. The average Bonchev–Trinajstić information content (AvgIpc) is 2.97. The molecule has 1 aromatic carbocycles. The number of aryl methyl sites for hydroxylation is 1. The van der Waals surface area contributed by atoms with Gasteiger partial charge in [-0.25, -0.2) is 0 Å². The topological polar surface area (TPSA) is 82.0 Å². The number of carbonyl (C=O) groups excluding carboxylic acids is 2. The second-order valence-corrected chi connectivity index (χ2v) is 6.88. The maximum Gasteiger partial charge on any atom is 0.279 e. The van der Waals surface area contributed by atoms with Crippen LogP contribution in [0.5, 0.6) is 0 Å². The lowest BCUT2D eigenvalue weighted by Gasteiger charge is -2.06. The number of amides is 2. The highest BCUT2D eigenvalue weighted by Gasteiger charge is 2.09. The Labute approximate surface area is 140 Å². The third-order valence-electron chi connectivity index (χ3n) is 2.84. The van der Waals surface area contributed by atoms with Crippen molar-refractivity contribution in [1.29, 1.82) is 5.26 Å². The third kappa shape index (κ3) is 4.69. The summed E-state index contributed by atoms with van der Waals surface area (Å²) in [5, 5.41) is 8.71. The molecule has 0 saturated carbocycles. The lowest BCUT2D eigenvalue weighted by molar-refractivity contribution is -0.121. The Hall–Kier alpha value is -2.17. The number of rotatable bonds is 4. The fraction of sp³-hybridized carbons (Fsp3) is 0.133. The molecule has 0 unspecified atom stereocenters. The van der Waals surface area contributed by atoms with Crippen LogP contribution in [0.3, 0.4) is 0 Å². The lowest BCUT2D eigenvalue weighted by Crippen LogP contribution is -2.41. The maximum absolute atomic E-state index is 11.7. The first kappa shape index (κ1) is 16.2. The Morgan fingerprint density at radius 2 is 1.86 bits per heavy atom. The molecule has 0 aliphatic rings. The van der Waals surface area contributed by atoms with Crippen molar-refractivity contribution in [3.8, 4) is 6.07 Å². The van der Waals surface area contributed by atoms with Gasteiger partial charge in [0.25, 0.3) is 5.91 Å². The van der Waals surface area contributed by atoms with Crippen LogP contribution in [0.2, 0.25) is 0 Å². The van der Waals surface area contributed by atoms with Crippen LogP contribution in [-0.4, -0.2) is 11.8 Å². The second-order valence-electron chi connectivity index (χ2n) is 4.41. The van der Waals surface area contributed by atoms with Gasteiger partial charge in [0.2, 0.25) is 5.91 Å². The van der Waals surface area contributed by atoms with Gasteiger partial charge in [-0.15, -0.1) is 11.3 Å². The number of benzene rings is 1. The van der Waals surface area contributed by atoms with Crippen LogP contribution in [0, 0.1) is 11.3 Å². The number of nitrogens with one attached hydrogen (secondary N) is 2. The zero-order valence-electron chi connectivity index (χ0n) is 11.4. The van der Waals surface area contributed by atoms with E-state index in [0.717, 1.165) is 9.35 Å². The van der Waals surface area contributed by atoms with Gasteiger partial charge < -0.3 is 0 Å². The van der Waals surface area contributed by atoms with Crippen LogP contribution >= 0.6 is 27.3 Å². The summed E-state index contributed by atoms with van der Waals surface area (Å²) < 4.78 is 0.852. The molecule has 2 amide bonds. The largest absolute Gasteiger partial charge is 0.279 e. The molecular weight excluding hydrogens is 366 g/mol. The van der Waals surface area contributed by atoms with E-state index in [1.54, 1.807) is 24.3 Å². The molecule has 22 heavy (non-hydrogen) atoms. The number of hydrogen-bond donors (Lipinski definition) is 2. The van der Waals surface area contributed by atoms with E-state index < -0.39 is 0 Å². The standard InChI is InChI=1S/C15H12BrN3O2S/c16-13-7-6-12(22-13)15(21)19-18-14(20)8-5-10-1-3-11(9-17)4-2-10/h1-4,6-7H,5,8H2,(H,18,20)(H,19,21). The molecule has 0 bridgehead atoms. The zero-order valence-corrected chi connectivity index (χ0v) is 13.8. The Kier molecular flexibility index (Phi) is 5.69. The van der Waals surface area contributed by atoms with E-state index in [2.05, 4.69) is 26.8 Å². The van der Waals surface area contributed by atoms with Gasteiger partial charge in [-0.2, -0.15) is 5.26 Å². The van der Waals surface area contributed by atoms with Gasteiger partial charge in [0, 0.05) is 6.42 Å². The highest BCUT2D eigenvalue weighted by Crippen LogP contribution is 2.21. The molecule has 2 rings (SSSR count). The Balaban J connectivity index is 1.76. The van der Waals surface area contributed by atoms with Gasteiger partial charge in [0.1, 0.15) is 0 Å². The van der Waals surface area contributed by atoms with Gasteiger partial charge in [0.15, 0.2) is 0 Å². The minimum Gasteiger partial charge on any atom is -0.273 e. The number of nitriles is 1. The van der Waals surface area contributed by atoms with Gasteiger partial charge in [-0.1, -0.05) is 12.1 Å². The molecule has 0 atom stereocenters. The summed E-state index contributed by atoms with van der Waals surface area (Å²) in [5.74, 6) is -0.615. The monoisotopic (exact) mass is 377 g/mol. The molecule has 112 valence electrons. The molecule has 2 aromatic rings. The van der Waals surface area contributed by atoms with Gasteiger partial charge in [-0.05, 0) is 52.2 Å². The van der Waals surface area contributed by atoms with Crippen molar-refractivity contribution in [2.75, 3.05) is 0 Å². The van der Waals surface area contributed by atoms with E-state index in [4.69, 9.17) is 5.26 Å². The molecule has 1 aromatic heterocycles. The van der Waals surface area contributed by atoms with Gasteiger partial charge in [-0.3, -0.25) is 20.4 Å². The number of halogens is 1. The van der Waals surface area contributed by atoms with E-state index in [1.807, 2.05) is 18.2 Å². The predicted molar refractivity (Wildman–Crippen MR) is 87.1 cm³/mol. The van der Waals surface area contributed by atoms with E-state index in [1.165, 1.54) is 11.3 Å². The fourth-order valence-corrected chi connectivity index (χ4v) is 2.97. The first-order valence-electron chi connectivity index (χ1n) is 6.42. The van der Waals surface area contributed by atoms with E-state index in [9.17, 15) is 9.59 Å². The fourth-order valence-electron chi connectivity index (χ4n) is 1.69. The van der Waals surface area contributed by atoms with Gasteiger partial charge >= 0.3 is 0 Å². The van der Waals surface area contributed by atoms with E-state index >= 15 is 0 Å². The van der Waals surface area contributed by atoms with Crippen LogP contribution in [0.1, 0.15) is 27.2 Å². The van der Waals surface area contributed by atoms with Gasteiger partial charge in [0.05, 0.1) is 20.3 Å². The molecular formula is C15H12BrN3O2S. The van der Waals surface area contributed by atoms with Crippen LogP contribution in [0.15, 0.2) is 40.2 Å². The summed E-state index contributed by atoms with van der Waals surface area (Å²) in [6, 6.07) is 12.5. The lowest BCUT2D eigenvalue weighted by atomic mass is 10.1. The molecule has 0 fully saturated rings. The maximum atomic E-state index is 11.7. The van der Waals surface area contributed by atoms with Crippen molar-refractivity contribution >= 4 is 39.1 Å². The normalized spacial score (nSPS) is 9.82. The molecule has 5 nitrogen and oxygen atoms in total. The van der Waals surface area contributed by atoms with Crippen molar-refractivity contribution in [3.63, 3.8) is 0 Å². The van der Waals surface area contributed by atoms with E-state index in [-0.39, 0.29) is 18.2 Å². The Morgan fingerprint density at radius 3 is 2.45 bits per heavy atom. The first-order valence-corrected chi connectivity index (χ1v) is 8.03. The van der Waals surface area contributed by atoms with Crippen LogP contribution in [-0.2, 0) is 11.2 Å². The first-order chi connectivity index (χ1) is 10.6. The van der Waals surface area contributed by atoms with Crippen LogP contribution in [0.25, 0.3) is 0 Å². The van der Waals surface area contributed by atoms with Crippen LogP contribution < -0.4 is 10.9 Å². The van der Waals surface area contributed by atoms with Crippen molar-refractivity contribution in [3.05, 3.63) is 56.2 Å². The highest BCUT2D eigenvalue weighted by atomic mass is 79.9. The SMILES string of the molecule is N#Cc1ccc(CCC(=O)NNC(=O)c2ccc(Br)s2)cc1. The second kappa shape index (κ2) is 7.73. The van der Waals surface area contributed by atoms with E-state index in [0.29, 0.717) is 16.9 Å². The molecule has 0 spiro atoms. The molecule has 0 aliphatic carbocycles. The molecule has 0 saturated heterocycles. The minimum atomic E-state index is -0.345. The Bertz CT molecular complexity index is 719. The molecule has 0 radical (unpaired) electrons. The van der Waals surface area contributed by atoms with Crippen molar-refractivity contribution in [1.82, 2.24) is 10.9 Å².